The van der Waals surface area contributed by atoms with Crippen molar-refractivity contribution in [2.75, 3.05) is 0 Å². The molecule has 0 bridgehead atoms. The predicted octanol–water partition coefficient (Wildman–Crippen LogP) is 13.4. The lowest BCUT2D eigenvalue weighted by Crippen LogP contribution is -2.00. The Morgan fingerprint density at radius 2 is 0.895 bits per heavy atom. The average Bonchev–Trinajstić information content (AvgIpc) is 3.95. The van der Waals surface area contributed by atoms with Crippen LogP contribution in [-0.4, -0.2) is 19.5 Å². The van der Waals surface area contributed by atoms with Gasteiger partial charge in [-0.25, -0.2) is 15.0 Å². The maximum absolute atomic E-state index is 6.62. The molecular formula is C51H30N4O2. The molecule has 0 unspecified atom stereocenters. The van der Waals surface area contributed by atoms with Crippen LogP contribution in [0.25, 0.3) is 117 Å². The predicted molar refractivity (Wildman–Crippen MR) is 230 cm³/mol. The van der Waals surface area contributed by atoms with Crippen LogP contribution in [0.2, 0.25) is 0 Å². The van der Waals surface area contributed by atoms with Crippen molar-refractivity contribution < 1.29 is 8.83 Å². The molecule has 0 saturated heterocycles. The Morgan fingerprint density at radius 1 is 0.333 bits per heavy atom. The van der Waals surface area contributed by atoms with Crippen LogP contribution in [0.15, 0.2) is 191 Å². The lowest BCUT2D eigenvalue weighted by molar-refractivity contribution is 0.669. The van der Waals surface area contributed by atoms with Gasteiger partial charge in [-0.15, -0.1) is 0 Å². The molecule has 0 radical (unpaired) electrons. The van der Waals surface area contributed by atoms with Gasteiger partial charge in [0.1, 0.15) is 22.3 Å². The second kappa shape index (κ2) is 12.3. The molecule has 266 valence electrons. The molecule has 57 heavy (non-hydrogen) atoms. The molecule has 6 nitrogen and oxygen atoms in total. The summed E-state index contributed by atoms with van der Waals surface area (Å²) >= 11 is 0. The number of hydrogen-bond donors (Lipinski definition) is 0. The van der Waals surface area contributed by atoms with Gasteiger partial charge in [0.05, 0.1) is 16.6 Å². The van der Waals surface area contributed by atoms with Gasteiger partial charge < -0.3 is 13.4 Å². The van der Waals surface area contributed by atoms with Gasteiger partial charge in [-0.05, 0) is 65.7 Å². The number of benzene rings is 8. The fourth-order valence-corrected chi connectivity index (χ4v) is 8.37. The Kier molecular flexibility index (Phi) is 6.83. The zero-order chi connectivity index (χ0) is 37.5. The smallest absolute Gasteiger partial charge is 0.167 e. The first kappa shape index (κ1) is 31.5. The van der Waals surface area contributed by atoms with E-state index in [1.807, 2.05) is 78.9 Å². The molecule has 0 N–H and O–H groups in total. The van der Waals surface area contributed by atoms with Gasteiger partial charge in [-0.3, -0.25) is 0 Å². The zero-order valence-corrected chi connectivity index (χ0v) is 30.4. The van der Waals surface area contributed by atoms with Crippen molar-refractivity contribution in [3.8, 4) is 51.0 Å². The summed E-state index contributed by atoms with van der Waals surface area (Å²) in [5.74, 6) is 1.78. The van der Waals surface area contributed by atoms with Crippen molar-refractivity contribution in [3.05, 3.63) is 182 Å². The fraction of sp³-hybridized carbons (Fsp3) is 0. The van der Waals surface area contributed by atoms with E-state index in [9.17, 15) is 0 Å². The summed E-state index contributed by atoms with van der Waals surface area (Å²) in [5, 5.41) is 6.67. The lowest BCUT2D eigenvalue weighted by atomic mass is 10.0. The third-order valence-corrected chi connectivity index (χ3v) is 11.1. The number of rotatable bonds is 5. The summed E-state index contributed by atoms with van der Waals surface area (Å²) in [6, 6.07) is 62.7. The van der Waals surface area contributed by atoms with Crippen LogP contribution in [0, 0.1) is 0 Å². The molecule has 0 saturated carbocycles. The Morgan fingerprint density at radius 3 is 1.60 bits per heavy atom. The minimum absolute atomic E-state index is 0.559. The van der Waals surface area contributed by atoms with E-state index in [0.717, 1.165) is 77.4 Å². The summed E-state index contributed by atoms with van der Waals surface area (Å²) in [4.78, 5) is 14.8. The highest BCUT2D eigenvalue weighted by molar-refractivity contribution is 6.12. The molecule has 0 fully saturated rings. The summed E-state index contributed by atoms with van der Waals surface area (Å²) < 4.78 is 15.5. The Hall–Kier alpha value is -7.83. The first-order chi connectivity index (χ1) is 28.2. The van der Waals surface area contributed by atoms with Gasteiger partial charge in [0.15, 0.2) is 17.5 Å². The van der Waals surface area contributed by atoms with Crippen LogP contribution < -0.4 is 0 Å². The molecule has 0 aliphatic carbocycles. The van der Waals surface area contributed by atoms with Crippen molar-refractivity contribution in [1.29, 1.82) is 0 Å². The molecule has 0 spiro atoms. The number of hydrogen-bond acceptors (Lipinski definition) is 5. The molecule has 0 aliphatic rings. The van der Waals surface area contributed by atoms with Crippen molar-refractivity contribution in [2.45, 2.75) is 0 Å². The molecule has 12 rings (SSSR count). The maximum Gasteiger partial charge on any atom is 0.167 e. The summed E-state index contributed by atoms with van der Waals surface area (Å²) in [5.41, 5.74) is 11.4. The Balaban J connectivity index is 0.954. The molecule has 4 aromatic heterocycles. The molecule has 0 atom stereocenters. The van der Waals surface area contributed by atoms with Crippen molar-refractivity contribution >= 4 is 65.7 Å². The summed E-state index contributed by atoms with van der Waals surface area (Å²) in [7, 11) is 0. The first-order valence-electron chi connectivity index (χ1n) is 19.0. The van der Waals surface area contributed by atoms with Gasteiger partial charge in [0.25, 0.3) is 0 Å². The monoisotopic (exact) mass is 730 g/mol. The Labute approximate surface area is 325 Å². The van der Waals surface area contributed by atoms with E-state index in [1.54, 1.807) is 0 Å². The molecule has 8 aromatic carbocycles. The van der Waals surface area contributed by atoms with Crippen LogP contribution in [-0.2, 0) is 0 Å². The van der Waals surface area contributed by atoms with Gasteiger partial charge in [-0.1, -0.05) is 121 Å². The lowest BCUT2D eigenvalue weighted by Gasteiger charge is -2.08. The minimum atomic E-state index is 0.559. The highest BCUT2D eigenvalue weighted by atomic mass is 16.3. The number of furan rings is 2. The van der Waals surface area contributed by atoms with Crippen molar-refractivity contribution in [2.24, 2.45) is 0 Å². The number of nitrogens with zero attached hydrogens (tertiary/aromatic N) is 4. The third kappa shape index (κ3) is 5.01. The summed E-state index contributed by atoms with van der Waals surface area (Å²) in [6.45, 7) is 0. The topological polar surface area (TPSA) is 69.9 Å². The number of para-hydroxylation sites is 3. The van der Waals surface area contributed by atoms with Crippen LogP contribution in [0.3, 0.4) is 0 Å². The molecule has 6 heteroatoms. The fourth-order valence-electron chi connectivity index (χ4n) is 8.37. The number of fused-ring (bicyclic) bond motifs is 9. The van der Waals surface area contributed by atoms with Crippen LogP contribution >= 0.6 is 0 Å². The van der Waals surface area contributed by atoms with Gasteiger partial charge in [0.2, 0.25) is 0 Å². The zero-order valence-electron chi connectivity index (χ0n) is 30.4. The van der Waals surface area contributed by atoms with E-state index in [2.05, 4.69) is 108 Å². The largest absolute Gasteiger partial charge is 0.456 e. The minimum Gasteiger partial charge on any atom is -0.456 e. The standard InChI is InChI=1S/C51H30N4O2/c1-3-12-31(13-4-1)49-52-50(32-14-5-2-6-15-32)54-51(53-49)41-19-11-18-40-42-28-33(23-27-45(42)57-48(40)41)34-22-25-38-39-26-24-35(30-47(39)56-46(38)29-34)55-43-20-9-7-16-36(43)37-17-8-10-21-44(37)55/h1-30H. The molecular weight excluding hydrogens is 701 g/mol. The van der Waals surface area contributed by atoms with Gasteiger partial charge >= 0.3 is 0 Å². The van der Waals surface area contributed by atoms with Gasteiger partial charge in [0, 0.05) is 55.2 Å². The average molecular weight is 731 g/mol. The van der Waals surface area contributed by atoms with E-state index in [-0.39, 0.29) is 0 Å². The molecule has 12 aromatic rings. The van der Waals surface area contributed by atoms with E-state index < -0.39 is 0 Å². The molecule has 0 amide bonds. The highest BCUT2D eigenvalue weighted by Crippen LogP contribution is 2.40. The summed E-state index contributed by atoms with van der Waals surface area (Å²) in [6.07, 6.45) is 0. The van der Waals surface area contributed by atoms with Gasteiger partial charge in [-0.2, -0.15) is 0 Å². The van der Waals surface area contributed by atoms with Crippen molar-refractivity contribution in [1.82, 2.24) is 19.5 Å². The second-order valence-electron chi connectivity index (χ2n) is 14.4. The van der Waals surface area contributed by atoms with E-state index in [4.69, 9.17) is 23.8 Å². The first-order valence-corrected chi connectivity index (χ1v) is 19.0. The Bertz CT molecular complexity index is 3410. The van der Waals surface area contributed by atoms with E-state index in [0.29, 0.717) is 17.5 Å². The van der Waals surface area contributed by atoms with Crippen molar-refractivity contribution in [3.63, 3.8) is 0 Å². The van der Waals surface area contributed by atoms with Crippen LogP contribution in [0.1, 0.15) is 0 Å². The maximum atomic E-state index is 6.62. The normalized spacial score (nSPS) is 11.9. The van der Waals surface area contributed by atoms with Crippen LogP contribution in [0.5, 0.6) is 0 Å². The second-order valence-corrected chi connectivity index (χ2v) is 14.4. The molecule has 0 aliphatic heterocycles. The van der Waals surface area contributed by atoms with E-state index in [1.165, 1.54) is 21.8 Å². The highest BCUT2D eigenvalue weighted by Gasteiger charge is 2.19. The van der Waals surface area contributed by atoms with Crippen LogP contribution in [0.4, 0.5) is 0 Å². The SMILES string of the molecule is c1ccc(-c2nc(-c3ccccc3)nc(-c3cccc4c3oc3ccc(-c5ccc6c(c5)oc5cc(-n7c8ccccc8c8ccccc87)ccc56)cc34)n2)cc1. The van der Waals surface area contributed by atoms with E-state index >= 15 is 0 Å². The number of aromatic nitrogens is 4. The third-order valence-electron chi connectivity index (χ3n) is 11.1. The molecule has 4 heterocycles. The quantitative estimate of drug-likeness (QED) is 0.176.